The first-order valence-corrected chi connectivity index (χ1v) is 9.61. The van der Waals surface area contributed by atoms with E-state index in [-0.39, 0.29) is 11.5 Å². The van der Waals surface area contributed by atoms with Crippen LogP contribution in [0.2, 0.25) is 0 Å². The smallest absolute Gasteiger partial charge is 0.168 e. The number of hydrogen-bond acceptors (Lipinski definition) is 4. The fraction of sp³-hybridized carbons (Fsp3) is 0.500. The van der Waals surface area contributed by atoms with Gasteiger partial charge in [0.2, 0.25) is 0 Å². The van der Waals surface area contributed by atoms with Crippen LogP contribution >= 0.6 is 28.1 Å². The van der Waals surface area contributed by atoms with Gasteiger partial charge < -0.3 is 24.8 Å². The van der Waals surface area contributed by atoms with Crippen molar-refractivity contribution in [2.75, 3.05) is 20.7 Å². The molecule has 0 amide bonds. The number of nitrogens with one attached hydrogen (secondary N) is 1. The van der Waals surface area contributed by atoms with Crippen molar-refractivity contribution >= 4 is 33.3 Å². The predicted molar refractivity (Wildman–Crippen MR) is 103 cm³/mol. The SMILES string of the molecule is CNC(=S)N1CCC23C=CC(O)C[C@@H]2Oc2c(OC)cc(Br)c(c23)C1. The van der Waals surface area contributed by atoms with Crippen LogP contribution in [0.25, 0.3) is 0 Å². The van der Waals surface area contributed by atoms with Gasteiger partial charge in [0, 0.05) is 36.6 Å². The molecule has 0 bridgehead atoms. The number of thiocarbonyl (C=S) groups is 1. The second-order valence-electron chi connectivity index (χ2n) is 6.78. The fourth-order valence-corrected chi connectivity index (χ4v) is 4.98. The number of rotatable bonds is 1. The lowest BCUT2D eigenvalue weighted by Gasteiger charge is -2.36. The highest BCUT2D eigenvalue weighted by molar-refractivity contribution is 9.10. The number of aliphatic hydroxyl groups is 1. The highest BCUT2D eigenvalue weighted by Gasteiger charge is 2.53. The van der Waals surface area contributed by atoms with E-state index < -0.39 is 6.10 Å². The molecule has 4 rings (SSSR count). The van der Waals surface area contributed by atoms with Crippen molar-refractivity contribution in [3.63, 3.8) is 0 Å². The minimum atomic E-state index is -0.472. The van der Waals surface area contributed by atoms with E-state index in [1.165, 1.54) is 11.1 Å². The van der Waals surface area contributed by atoms with Crippen LogP contribution in [0, 0.1) is 0 Å². The van der Waals surface area contributed by atoms with E-state index in [0.29, 0.717) is 13.0 Å². The normalized spacial score (nSPS) is 29.4. The van der Waals surface area contributed by atoms with Crippen LogP contribution in [-0.4, -0.2) is 48.0 Å². The first kappa shape index (κ1) is 17.1. The van der Waals surface area contributed by atoms with Crippen LogP contribution in [0.3, 0.4) is 0 Å². The van der Waals surface area contributed by atoms with Gasteiger partial charge >= 0.3 is 0 Å². The van der Waals surface area contributed by atoms with E-state index in [9.17, 15) is 5.11 Å². The second-order valence-corrected chi connectivity index (χ2v) is 8.02. The summed E-state index contributed by atoms with van der Waals surface area (Å²) in [5.41, 5.74) is 2.10. The van der Waals surface area contributed by atoms with Crippen molar-refractivity contribution in [2.24, 2.45) is 0 Å². The highest BCUT2D eigenvalue weighted by Crippen LogP contribution is 2.57. The van der Waals surface area contributed by atoms with Gasteiger partial charge in [-0.25, -0.2) is 0 Å². The van der Waals surface area contributed by atoms with Gasteiger partial charge in [0.1, 0.15) is 6.10 Å². The molecular weight excluding hydrogens is 404 g/mol. The molecule has 3 atom stereocenters. The molecule has 1 spiro atoms. The summed E-state index contributed by atoms with van der Waals surface area (Å²) in [6.45, 7) is 1.53. The molecule has 1 aromatic carbocycles. The maximum absolute atomic E-state index is 10.1. The van der Waals surface area contributed by atoms with Gasteiger partial charge in [-0.15, -0.1) is 0 Å². The average Bonchev–Trinajstić information content (AvgIpc) is 2.82. The fourth-order valence-electron chi connectivity index (χ4n) is 4.29. The third-order valence-corrected chi connectivity index (χ3v) is 6.71. The molecular formula is C18H21BrN2O3S. The maximum atomic E-state index is 10.1. The first-order valence-electron chi connectivity index (χ1n) is 8.40. The minimum Gasteiger partial charge on any atom is -0.493 e. The van der Waals surface area contributed by atoms with Gasteiger partial charge in [0.05, 0.1) is 18.6 Å². The molecule has 3 aliphatic rings. The number of aliphatic hydroxyl groups excluding tert-OH is 1. The summed E-state index contributed by atoms with van der Waals surface area (Å²) in [7, 11) is 3.51. The molecule has 0 aromatic heterocycles. The lowest BCUT2D eigenvalue weighted by molar-refractivity contribution is 0.0833. The maximum Gasteiger partial charge on any atom is 0.168 e. The van der Waals surface area contributed by atoms with Crippen molar-refractivity contribution in [1.82, 2.24) is 10.2 Å². The molecule has 0 saturated heterocycles. The monoisotopic (exact) mass is 424 g/mol. The largest absolute Gasteiger partial charge is 0.493 e. The predicted octanol–water partition coefficient (Wildman–Crippen LogP) is 2.49. The Morgan fingerprint density at radius 1 is 1.56 bits per heavy atom. The molecule has 25 heavy (non-hydrogen) atoms. The highest BCUT2D eigenvalue weighted by atomic mass is 79.9. The van der Waals surface area contributed by atoms with Crippen molar-refractivity contribution < 1.29 is 14.6 Å². The molecule has 1 aromatic rings. The Hall–Kier alpha value is -1.31. The Kier molecular flexibility index (Phi) is 4.21. The summed E-state index contributed by atoms with van der Waals surface area (Å²) in [5.74, 6) is 1.54. The van der Waals surface area contributed by atoms with Crippen LogP contribution in [0.15, 0.2) is 22.7 Å². The summed E-state index contributed by atoms with van der Waals surface area (Å²) in [6.07, 6.45) is 4.94. The molecule has 1 aliphatic carbocycles. The van der Waals surface area contributed by atoms with Crippen molar-refractivity contribution in [1.29, 1.82) is 0 Å². The zero-order chi connectivity index (χ0) is 17.8. The molecule has 0 fully saturated rings. The third kappa shape index (κ3) is 2.47. The molecule has 2 N–H and O–H groups in total. The Morgan fingerprint density at radius 3 is 3.08 bits per heavy atom. The van der Waals surface area contributed by atoms with Crippen LogP contribution in [-0.2, 0) is 12.0 Å². The second kappa shape index (κ2) is 6.14. The number of benzene rings is 1. The summed E-state index contributed by atoms with van der Waals surface area (Å²) in [4.78, 5) is 2.19. The summed E-state index contributed by atoms with van der Waals surface area (Å²) in [6, 6.07) is 1.96. The molecule has 2 aliphatic heterocycles. The van der Waals surface area contributed by atoms with Crippen molar-refractivity contribution in [3.8, 4) is 11.5 Å². The zero-order valence-corrected chi connectivity index (χ0v) is 16.6. The summed E-state index contributed by atoms with van der Waals surface area (Å²) < 4.78 is 12.9. The van der Waals surface area contributed by atoms with E-state index in [0.717, 1.165) is 34.0 Å². The van der Waals surface area contributed by atoms with Crippen LogP contribution in [0.4, 0.5) is 0 Å². The average molecular weight is 425 g/mol. The number of nitrogens with zero attached hydrogens (tertiary/aromatic N) is 1. The number of methoxy groups -OCH3 is 1. The van der Waals surface area contributed by atoms with Crippen LogP contribution in [0.1, 0.15) is 24.0 Å². The van der Waals surface area contributed by atoms with Gasteiger partial charge in [-0.2, -0.15) is 0 Å². The number of hydrogen-bond donors (Lipinski definition) is 2. The Bertz CT molecular complexity index is 769. The van der Waals surface area contributed by atoms with Crippen molar-refractivity contribution in [2.45, 2.75) is 37.0 Å². The van der Waals surface area contributed by atoms with E-state index >= 15 is 0 Å². The molecule has 134 valence electrons. The minimum absolute atomic E-state index is 0.0902. The molecule has 0 radical (unpaired) electrons. The van der Waals surface area contributed by atoms with E-state index in [1.54, 1.807) is 7.11 Å². The Labute approximate surface area is 161 Å². The van der Waals surface area contributed by atoms with Crippen LogP contribution in [0.5, 0.6) is 11.5 Å². The summed E-state index contributed by atoms with van der Waals surface area (Å²) >= 11 is 9.22. The zero-order valence-electron chi connectivity index (χ0n) is 14.2. The lowest BCUT2D eigenvalue weighted by atomic mass is 9.69. The number of ether oxygens (including phenoxy) is 2. The van der Waals surface area contributed by atoms with E-state index in [4.69, 9.17) is 21.7 Å². The van der Waals surface area contributed by atoms with Crippen LogP contribution < -0.4 is 14.8 Å². The molecule has 2 heterocycles. The van der Waals surface area contributed by atoms with E-state index in [2.05, 4.69) is 32.2 Å². The molecule has 7 heteroatoms. The van der Waals surface area contributed by atoms with Gasteiger partial charge in [-0.3, -0.25) is 0 Å². The lowest BCUT2D eigenvalue weighted by Crippen LogP contribution is -2.44. The molecule has 5 nitrogen and oxygen atoms in total. The van der Waals surface area contributed by atoms with Gasteiger partial charge in [-0.1, -0.05) is 28.1 Å². The standard InChI is InChI=1S/C18H21BrN2O3S/c1-20-17(25)21-6-5-18-4-3-10(22)7-14(18)24-16-13(23-2)8-12(19)11(9-21)15(16)18/h3-4,8,10,14,22H,5-7,9H2,1-2H3,(H,20,25)/t10?,14-,18?/m0/s1. The van der Waals surface area contributed by atoms with Gasteiger partial charge in [0.25, 0.3) is 0 Å². The first-order chi connectivity index (χ1) is 12.0. The Balaban J connectivity index is 1.93. The Morgan fingerprint density at radius 2 is 2.36 bits per heavy atom. The molecule has 2 unspecified atom stereocenters. The molecule has 0 saturated carbocycles. The van der Waals surface area contributed by atoms with Crippen molar-refractivity contribution in [3.05, 3.63) is 33.8 Å². The quantitative estimate of drug-likeness (QED) is 0.533. The topological polar surface area (TPSA) is 54.0 Å². The third-order valence-electron chi connectivity index (χ3n) is 5.54. The number of halogens is 1. The van der Waals surface area contributed by atoms with Gasteiger partial charge in [-0.05, 0) is 30.3 Å². The van der Waals surface area contributed by atoms with E-state index in [1.807, 2.05) is 19.2 Å². The van der Waals surface area contributed by atoms with Gasteiger partial charge in [0.15, 0.2) is 16.6 Å². The summed E-state index contributed by atoms with van der Waals surface area (Å²) in [5, 5.41) is 13.9.